The summed E-state index contributed by atoms with van der Waals surface area (Å²) in [5.41, 5.74) is 1.51. The van der Waals surface area contributed by atoms with Crippen molar-refractivity contribution in [2.45, 2.75) is 13.8 Å². The fraction of sp³-hybridized carbons (Fsp3) is 0.308. The summed E-state index contributed by atoms with van der Waals surface area (Å²) in [6, 6.07) is 4.72. The summed E-state index contributed by atoms with van der Waals surface area (Å²) in [4.78, 5) is 12.5. The Bertz CT molecular complexity index is 589. The van der Waals surface area contributed by atoms with Crippen LogP contribution in [0.5, 0.6) is 6.01 Å². The first-order valence-corrected chi connectivity index (χ1v) is 5.97. The predicted molar refractivity (Wildman–Crippen MR) is 70.7 cm³/mol. The smallest absolute Gasteiger partial charge is 0.321 e. The standard InChI is InChI=1S/C13H15FN4O/c1-4-19-13-17-11(16-12(15-3)18-13)10-7-9(14)6-5-8(10)2/h5-7H,4H2,1-3H3,(H,15,16,17,18). The third-order valence-electron chi connectivity index (χ3n) is 2.55. The normalized spacial score (nSPS) is 10.3. The SMILES string of the molecule is CCOc1nc(NC)nc(-c2cc(F)ccc2C)n1. The molecule has 100 valence electrons. The molecule has 0 radical (unpaired) electrons. The number of rotatable bonds is 4. The maximum absolute atomic E-state index is 13.3. The van der Waals surface area contributed by atoms with Crippen molar-refractivity contribution in [2.24, 2.45) is 0 Å². The van der Waals surface area contributed by atoms with Gasteiger partial charge < -0.3 is 10.1 Å². The highest BCUT2D eigenvalue weighted by Crippen LogP contribution is 2.23. The van der Waals surface area contributed by atoms with Crippen LogP contribution in [0.25, 0.3) is 11.4 Å². The molecular weight excluding hydrogens is 247 g/mol. The van der Waals surface area contributed by atoms with Crippen molar-refractivity contribution in [3.05, 3.63) is 29.6 Å². The molecule has 0 aliphatic carbocycles. The van der Waals surface area contributed by atoms with Crippen molar-refractivity contribution in [3.8, 4) is 17.4 Å². The van der Waals surface area contributed by atoms with Crippen molar-refractivity contribution in [3.63, 3.8) is 0 Å². The van der Waals surface area contributed by atoms with Gasteiger partial charge >= 0.3 is 6.01 Å². The van der Waals surface area contributed by atoms with E-state index in [1.165, 1.54) is 12.1 Å². The molecule has 1 aromatic heterocycles. The quantitative estimate of drug-likeness (QED) is 0.917. The molecule has 5 nitrogen and oxygen atoms in total. The van der Waals surface area contributed by atoms with Gasteiger partial charge in [-0.1, -0.05) is 6.07 Å². The zero-order chi connectivity index (χ0) is 13.8. The molecule has 0 aliphatic rings. The molecule has 2 aromatic rings. The molecule has 6 heteroatoms. The van der Waals surface area contributed by atoms with Crippen LogP contribution >= 0.6 is 0 Å². The predicted octanol–water partition coefficient (Wildman–Crippen LogP) is 2.43. The monoisotopic (exact) mass is 262 g/mol. The first-order valence-electron chi connectivity index (χ1n) is 5.97. The number of anilines is 1. The minimum atomic E-state index is -0.329. The van der Waals surface area contributed by atoms with E-state index in [1.807, 2.05) is 13.8 Å². The van der Waals surface area contributed by atoms with Crippen molar-refractivity contribution in [1.29, 1.82) is 0 Å². The van der Waals surface area contributed by atoms with E-state index in [1.54, 1.807) is 13.1 Å². The number of aromatic nitrogens is 3. The van der Waals surface area contributed by atoms with Gasteiger partial charge in [0.25, 0.3) is 0 Å². The van der Waals surface area contributed by atoms with Gasteiger partial charge in [-0.15, -0.1) is 0 Å². The Morgan fingerprint density at radius 1 is 1.26 bits per heavy atom. The highest BCUT2D eigenvalue weighted by molar-refractivity contribution is 5.61. The molecular formula is C13H15FN4O. The van der Waals surface area contributed by atoms with Crippen LogP contribution in [-0.2, 0) is 0 Å². The summed E-state index contributed by atoms with van der Waals surface area (Å²) in [6.07, 6.45) is 0. The summed E-state index contributed by atoms with van der Waals surface area (Å²) in [6.45, 7) is 4.17. The van der Waals surface area contributed by atoms with E-state index in [0.717, 1.165) is 5.56 Å². The first kappa shape index (κ1) is 13.2. The fourth-order valence-corrected chi connectivity index (χ4v) is 1.62. The van der Waals surface area contributed by atoms with Crippen molar-refractivity contribution < 1.29 is 9.13 Å². The summed E-state index contributed by atoms with van der Waals surface area (Å²) in [5, 5.41) is 2.83. The van der Waals surface area contributed by atoms with E-state index in [9.17, 15) is 4.39 Å². The molecule has 0 fully saturated rings. The Morgan fingerprint density at radius 2 is 2.05 bits per heavy atom. The number of nitrogens with zero attached hydrogens (tertiary/aromatic N) is 3. The molecule has 0 spiro atoms. The molecule has 2 rings (SSSR count). The van der Waals surface area contributed by atoms with E-state index in [-0.39, 0.29) is 11.8 Å². The van der Waals surface area contributed by atoms with Gasteiger partial charge in [0.15, 0.2) is 5.82 Å². The van der Waals surface area contributed by atoms with E-state index in [2.05, 4.69) is 20.3 Å². The molecule has 1 aromatic carbocycles. The van der Waals surface area contributed by atoms with Gasteiger partial charge in [-0.3, -0.25) is 0 Å². The lowest BCUT2D eigenvalue weighted by Crippen LogP contribution is -2.05. The number of halogens is 1. The molecule has 0 saturated heterocycles. The van der Waals surface area contributed by atoms with Crippen molar-refractivity contribution in [1.82, 2.24) is 15.0 Å². The fourth-order valence-electron chi connectivity index (χ4n) is 1.62. The highest BCUT2D eigenvalue weighted by atomic mass is 19.1. The van der Waals surface area contributed by atoms with E-state index in [4.69, 9.17) is 4.74 Å². The van der Waals surface area contributed by atoms with Crippen LogP contribution in [0.2, 0.25) is 0 Å². The summed E-state index contributed by atoms with van der Waals surface area (Å²) >= 11 is 0. The van der Waals surface area contributed by atoms with Crippen LogP contribution in [0, 0.1) is 12.7 Å². The third kappa shape index (κ3) is 2.96. The zero-order valence-corrected chi connectivity index (χ0v) is 11.1. The van der Waals surface area contributed by atoms with Crippen molar-refractivity contribution in [2.75, 3.05) is 19.0 Å². The molecule has 0 unspecified atom stereocenters. The summed E-state index contributed by atoms with van der Waals surface area (Å²) in [7, 11) is 1.70. The topological polar surface area (TPSA) is 59.9 Å². The first-order chi connectivity index (χ1) is 9.13. The second kappa shape index (κ2) is 5.60. The van der Waals surface area contributed by atoms with E-state index >= 15 is 0 Å². The number of aryl methyl sites for hydroxylation is 1. The second-order valence-electron chi connectivity index (χ2n) is 3.91. The minimum absolute atomic E-state index is 0.223. The average molecular weight is 262 g/mol. The molecule has 0 aliphatic heterocycles. The van der Waals surface area contributed by atoms with E-state index < -0.39 is 0 Å². The second-order valence-corrected chi connectivity index (χ2v) is 3.91. The van der Waals surface area contributed by atoms with Crippen LogP contribution in [-0.4, -0.2) is 28.6 Å². The number of benzene rings is 1. The number of hydrogen-bond acceptors (Lipinski definition) is 5. The van der Waals surface area contributed by atoms with Crippen LogP contribution in [0.3, 0.4) is 0 Å². The van der Waals surface area contributed by atoms with Gasteiger partial charge in [0.05, 0.1) is 6.61 Å². The maximum atomic E-state index is 13.3. The van der Waals surface area contributed by atoms with Gasteiger partial charge in [0.2, 0.25) is 5.95 Å². The Balaban J connectivity index is 2.54. The Morgan fingerprint density at radius 3 is 2.74 bits per heavy atom. The number of ether oxygens (including phenoxy) is 1. The van der Waals surface area contributed by atoms with E-state index in [0.29, 0.717) is 23.9 Å². The summed E-state index contributed by atoms with van der Waals surface area (Å²) < 4.78 is 18.6. The molecule has 0 amide bonds. The zero-order valence-electron chi connectivity index (χ0n) is 11.1. The lowest BCUT2D eigenvalue weighted by Gasteiger charge is -2.08. The van der Waals surface area contributed by atoms with Crippen LogP contribution in [0.1, 0.15) is 12.5 Å². The molecule has 0 bridgehead atoms. The third-order valence-corrected chi connectivity index (χ3v) is 2.55. The van der Waals surface area contributed by atoms with Crippen molar-refractivity contribution >= 4 is 5.95 Å². The van der Waals surface area contributed by atoms with Gasteiger partial charge in [-0.25, -0.2) is 4.39 Å². The number of nitrogens with one attached hydrogen (secondary N) is 1. The maximum Gasteiger partial charge on any atom is 0.321 e. The van der Waals surface area contributed by atoms with Crippen LogP contribution < -0.4 is 10.1 Å². The van der Waals surface area contributed by atoms with Crippen LogP contribution in [0.4, 0.5) is 10.3 Å². The molecule has 0 atom stereocenters. The minimum Gasteiger partial charge on any atom is -0.464 e. The van der Waals surface area contributed by atoms with Gasteiger partial charge in [0.1, 0.15) is 5.82 Å². The molecule has 1 heterocycles. The Hall–Kier alpha value is -2.24. The Labute approximate surface area is 110 Å². The number of hydrogen-bond donors (Lipinski definition) is 1. The lowest BCUT2D eigenvalue weighted by molar-refractivity contribution is 0.312. The Kier molecular flexibility index (Phi) is 3.89. The molecule has 0 saturated carbocycles. The van der Waals surface area contributed by atoms with Gasteiger partial charge in [-0.2, -0.15) is 15.0 Å². The molecule has 1 N–H and O–H groups in total. The van der Waals surface area contributed by atoms with Crippen LogP contribution in [0.15, 0.2) is 18.2 Å². The summed E-state index contributed by atoms with van der Waals surface area (Å²) in [5.74, 6) is 0.446. The van der Waals surface area contributed by atoms with Gasteiger partial charge in [0, 0.05) is 12.6 Å². The molecule has 19 heavy (non-hydrogen) atoms. The lowest BCUT2D eigenvalue weighted by atomic mass is 10.1. The van der Waals surface area contributed by atoms with Gasteiger partial charge in [-0.05, 0) is 31.5 Å². The average Bonchev–Trinajstić information content (AvgIpc) is 2.41. The largest absolute Gasteiger partial charge is 0.464 e. The highest BCUT2D eigenvalue weighted by Gasteiger charge is 2.11.